The van der Waals surface area contributed by atoms with Crippen LogP contribution in [0, 0.1) is 5.82 Å². The van der Waals surface area contributed by atoms with Gasteiger partial charge in [-0.3, -0.25) is 0 Å². The molecule has 1 aromatic carbocycles. The zero-order chi connectivity index (χ0) is 11.5. The number of hydrogen-bond acceptors (Lipinski definition) is 3. The Kier molecular flexibility index (Phi) is 3.05. The lowest BCUT2D eigenvalue weighted by Gasteiger charge is -2.09. The van der Waals surface area contributed by atoms with Crippen LogP contribution >= 0.6 is 15.9 Å². The number of para-hydroxylation sites is 1. The molecule has 0 radical (unpaired) electrons. The first kappa shape index (κ1) is 10.9. The molecule has 0 saturated heterocycles. The number of pyridine rings is 1. The van der Waals surface area contributed by atoms with Crippen LogP contribution in [0.15, 0.2) is 41.0 Å². The summed E-state index contributed by atoms with van der Waals surface area (Å²) < 4.78 is 19.4. The minimum Gasteiger partial charge on any atom is -0.433 e. The fourth-order valence-electron chi connectivity index (χ4n) is 1.18. The Hall–Kier alpha value is -1.62. The van der Waals surface area contributed by atoms with Gasteiger partial charge in [0.05, 0.1) is 10.2 Å². The second kappa shape index (κ2) is 4.49. The van der Waals surface area contributed by atoms with Gasteiger partial charge in [0.1, 0.15) is 0 Å². The van der Waals surface area contributed by atoms with Crippen molar-refractivity contribution in [3.8, 4) is 11.6 Å². The van der Waals surface area contributed by atoms with Crippen LogP contribution in [0.2, 0.25) is 0 Å². The van der Waals surface area contributed by atoms with Crippen molar-refractivity contribution in [3.63, 3.8) is 0 Å². The third-order valence-corrected chi connectivity index (χ3v) is 2.52. The number of anilines is 1. The largest absolute Gasteiger partial charge is 0.433 e. The van der Waals surface area contributed by atoms with E-state index in [0.717, 1.165) is 0 Å². The molecule has 16 heavy (non-hydrogen) atoms. The quantitative estimate of drug-likeness (QED) is 0.860. The number of halogens is 2. The van der Waals surface area contributed by atoms with E-state index in [4.69, 9.17) is 10.5 Å². The minimum absolute atomic E-state index is 0.0121. The normalized spacial score (nSPS) is 10.1. The average Bonchev–Trinajstić information content (AvgIpc) is 2.26. The fraction of sp³-hybridized carbons (Fsp3) is 0. The van der Waals surface area contributed by atoms with E-state index in [0.29, 0.717) is 4.47 Å². The Morgan fingerprint density at radius 2 is 2.06 bits per heavy atom. The molecule has 0 unspecified atom stereocenters. The summed E-state index contributed by atoms with van der Waals surface area (Å²) in [5, 5.41) is 0. The van der Waals surface area contributed by atoms with E-state index < -0.39 is 5.82 Å². The highest BCUT2D eigenvalue weighted by Gasteiger charge is 2.10. The first-order chi connectivity index (χ1) is 7.68. The van der Waals surface area contributed by atoms with Gasteiger partial charge in [-0.2, -0.15) is 0 Å². The van der Waals surface area contributed by atoms with Crippen molar-refractivity contribution in [2.24, 2.45) is 0 Å². The summed E-state index contributed by atoms with van der Waals surface area (Å²) in [5.41, 5.74) is 5.85. The first-order valence-electron chi connectivity index (χ1n) is 4.51. The Balaban J connectivity index is 2.38. The third-order valence-electron chi connectivity index (χ3n) is 1.92. The van der Waals surface area contributed by atoms with E-state index >= 15 is 0 Å². The molecule has 0 amide bonds. The lowest BCUT2D eigenvalue weighted by atomic mass is 10.3. The number of benzene rings is 1. The molecule has 0 spiro atoms. The molecule has 2 N–H and O–H groups in total. The van der Waals surface area contributed by atoms with E-state index in [9.17, 15) is 4.39 Å². The van der Waals surface area contributed by atoms with Crippen molar-refractivity contribution in [1.82, 2.24) is 4.98 Å². The van der Waals surface area contributed by atoms with Crippen LogP contribution in [0.3, 0.4) is 0 Å². The summed E-state index contributed by atoms with van der Waals surface area (Å²) >= 11 is 3.25. The predicted molar refractivity (Wildman–Crippen MR) is 62.8 cm³/mol. The third kappa shape index (κ3) is 2.14. The molecule has 2 rings (SSSR count). The van der Waals surface area contributed by atoms with Crippen molar-refractivity contribution in [2.75, 3.05) is 5.73 Å². The first-order valence-corrected chi connectivity index (χ1v) is 5.30. The Morgan fingerprint density at radius 3 is 2.75 bits per heavy atom. The summed E-state index contributed by atoms with van der Waals surface area (Å²) in [6.07, 6.45) is 1.55. The maximum absolute atomic E-state index is 13.4. The maximum atomic E-state index is 13.4. The van der Waals surface area contributed by atoms with Gasteiger partial charge >= 0.3 is 0 Å². The maximum Gasteiger partial charge on any atom is 0.233 e. The standard InChI is InChI=1S/C11H8BrFN2O/c12-7-3-2-6-15-11(7)16-10-8(13)4-1-5-9(10)14/h1-6H,14H2. The van der Waals surface area contributed by atoms with E-state index in [-0.39, 0.29) is 17.3 Å². The number of rotatable bonds is 2. The topological polar surface area (TPSA) is 48.1 Å². The van der Waals surface area contributed by atoms with Gasteiger partial charge in [-0.25, -0.2) is 9.37 Å². The highest BCUT2D eigenvalue weighted by atomic mass is 79.9. The molecular weight excluding hydrogens is 275 g/mol. The van der Waals surface area contributed by atoms with Crippen molar-refractivity contribution in [3.05, 3.63) is 46.8 Å². The van der Waals surface area contributed by atoms with Crippen LogP contribution in [0.4, 0.5) is 10.1 Å². The molecule has 0 aliphatic rings. The molecule has 0 aliphatic carbocycles. The molecule has 1 aromatic heterocycles. The van der Waals surface area contributed by atoms with Crippen LogP contribution in [0.5, 0.6) is 11.6 Å². The van der Waals surface area contributed by atoms with E-state index in [1.165, 1.54) is 12.1 Å². The van der Waals surface area contributed by atoms with Gasteiger partial charge < -0.3 is 10.5 Å². The summed E-state index contributed by atoms with van der Waals surface area (Å²) in [6, 6.07) is 7.85. The predicted octanol–water partition coefficient (Wildman–Crippen LogP) is 3.36. The number of ether oxygens (including phenoxy) is 1. The Bertz CT molecular complexity index is 499. The highest BCUT2D eigenvalue weighted by Crippen LogP contribution is 2.32. The van der Waals surface area contributed by atoms with Crippen molar-refractivity contribution >= 4 is 21.6 Å². The van der Waals surface area contributed by atoms with Gasteiger partial charge in [-0.05, 0) is 40.2 Å². The van der Waals surface area contributed by atoms with Crippen molar-refractivity contribution in [1.29, 1.82) is 0 Å². The number of hydrogen-bond donors (Lipinski definition) is 1. The summed E-state index contributed by atoms with van der Waals surface area (Å²) in [5.74, 6) is -0.251. The second-order valence-corrected chi connectivity index (χ2v) is 3.90. The van der Waals surface area contributed by atoms with Crippen LogP contribution in [-0.4, -0.2) is 4.98 Å². The fourth-order valence-corrected chi connectivity index (χ4v) is 1.51. The molecule has 3 nitrogen and oxygen atoms in total. The highest BCUT2D eigenvalue weighted by molar-refractivity contribution is 9.10. The molecular formula is C11H8BrFN2O. The monoisotopic (exact) mass is 282 g/mol. The SMILES string of the molecule is Nc1cccc(F)c1Oc1ncccc1Br. The van der Waals surface area contributed by atoms with Crippen LogP contribution < -0.4 is 10.5 Å². The van der Waals surface area contributed by atoms with Gasteiger partial charge in [0.2, 0.25) is 5.88 Å². The molecule has 0 bridgehead atoms. The van der Waals surface area contributed by atoms with Crippen molar-refractivity contribution in [2.45, 2.75) is 0 Å². The molecule has 1 heterocycles. The summed E-state index contributed by atoms with van der Waals surface area (Å²) in [7, 11) is 0. The van der Waals surface area contributed by atoms with E-state index in [2.05, 4.69) is 20.9 Å². The lowest BCUT2D eigenvalue weighted by molar-refractivity contribution is 0.427. The van der Waals surface area contributed by atoms with E-state index in [1.54, 1.807) is 24.4 Å². The second-order valence-electron chi connectivity index (χ2n) is 3.05. The minimum atomic E-state index is -0.516. The van der Waals surface area contributed by atoms with Crippen LogP contribution in [0.1, 0.15) is 0 Å². The van der Waals surface area contributed by atoms with Crippen molar-refractivity contribution < 1.29 is 9.13 Å². The van der Waals surface area contributed by atoms with Gasteiger partial charge in [-0.15, -0.1) is 0 Å². The molecule has 5 heteroatoms. The molecule has 0 fully saturated rings. The van der Waals surface area contributed by atoms with Crippen LogP contribution in [-0.2, 0) is 0 Å². The Labute approximate surface area is 100 Å². The zero-order valence-corrected chi connectivity index (χ0v) is 9.74. The summed E-state index contributed by atoms with van der Waals surface area (Å²) in [6.45, 7) is 0. The molecule has 2 aromatic rings. The number of aromatic nitrogens is 1. The zero-order valence-electron chi connectivity index (χ0n) is 8.15. The van der Waals surface area contributed by atoms with Gasteiger partial charge in [-0.1, -0.05) is 6.07 Å². The number of nitrogens with two attached hydrogens (primary N) is 1. The smallest absolute Gasteiger partial charge is 0.233 e. The van der Waals surface area contributed by atoms with Gasteiger partial charge in [0.25, 0.3) is 0 Å². The van der Waals surface area contributed by atoms with Gasteiger partial charge in [0, 0.05) is 6.20 Å². The number of nitrogens with zero attached hydrogens (tertiary/aromatic N) is 1. The molecule has 0 atom stereocenters. The Morgan fingerprint density at radius 1 is 1.25 bits per heavy atom. The summed E-state index contributed by atoms with van der Waals surface area (Å²) in [4.78, 5) is 3.96. The average molecular weight is 283 g/mol. The van der Waals surface area contributed by atoms with Gasteiger partial charge in [0.15, 0.2) is 11.6 Å². The molecule has 82 valence electrons. The molecule has 0 aliphatic heterocycles. The van der Waals surface area contributed by atoms with Crippen LogP contribution in [0.25, 0.3) is 0 Å². The number of nitrogen functional groups attached to an aromatic ring is 1. The lowest BCUT2D eigenvalue weighted by Crippen LogP contribution is -1.96. The van der Waals surface area contributed by atoms with E-state index in [1.807, 2.05) is 0 Å². The molecule has 0 saturated carbocycles.